The van der Waals surface area contributed by atoms with Crippen molar-refractivity contribution in [3.63, 3.8) is 0 Å². The molecule has 0 spiro atoms. The zero-order chi connectivity index (χ0) is 14.3. The number of carbonyl (C=O) groups excluding carboxylic acids is 1. The molecule has 1 saturated carbocycles. The zero-order valence-electron chi connectivity index (χ0n) is 12.1. The number of methoxy groups -OCH3 is 1. The summed E-state index contributed by atoms with van der Waals surface area (Å²) in [5.74, 6) is 1.26. The first-order valence-corrected chi connectivity index (χ1v) is 8.10. The minimum absolute atomic E-state index is 0.0910. The molecule has 20 heavy (non-hydrogen) atoms. The SMILES string of the molecule is COCC1CCN(c2sc(C(C)=O)c(N)c2C2CC2)C1. The van der Waals surface area contributed by atoms with Gasteiger partial charge in [0.15, 0.2) is 5.78 Å². The van der Waals surface area contributed by atoms with Crippen molar-refractivity contribution >= 4 is 27.8 Å². The summed E-state index contributed by atoms with van der Waals surface area (Å²) in [6, 6.07) is 0. The van der Waals surface area contributed by atoms with Crippen molar-refractivity contribution in [3.8, 4) is 0 Å². The van der Waals surface area contributed by atoms with E-state index in [-0.39, 0.29) is 5.78 Å². The van der Waals surface area contributed by atoms with Gasteiger partial charge in [0.2, 0.25) is 0 Å². The molecule has 1 aliphatic carbocycles. The van der Waals surface area contributed by atoms with Crippen LogP contribution in [0.25, 0.3) is 0 Å². The van der Waals surface area contributed by atoms with Gasteiger partial charge < -0.3 is 15.4 Å². The summed E-state index contributed by atoms with van der Waals surface area (Å²) in [6.45, 7) is 4.49. The third-order valence-corrected chi connectivity index (χ3v) is 5.63. The van der Waals surface area contributed by atoms with Gasteiger partial charge in [0.25, 0.3) is 0 Å². The van der Waals surface area contributed by atoms with E-state index in [1.165, 1.54) is 23.4 Å². The molecule has 0 radical (unpaired) electrons. The van der Waals surface area contributed by atoms with Crippen LogP contribution in [0.3, 0.4) is 0 Å². The zero-order valence-corrected chi connectivity index (χ0v) is 13.0. The van der Waals surface area contributed by atoms with E-state index in [2.05, 4.69) is 4.90 Å². The molecule has 110 valence electrons. The van der Waals surface area contributed by atoms with Crippen molar-refractivity contribution in [2.45, 2.75) is 32.1 Å². The van der Waals surface area contributed by atoms with E-state index in [4.69, 9.17) is 10.5 Å². The number of nitrogens with two attached hydrogens (primary N) is 1. The third kappa shape index (κ3) is 2.44. The van der Waals surface area contributed by atoms with E-state index < -0.39 is 0 Å². The maximum Gasteiger partial charge on any atom is 0.171 e. The molecule has 1 saturated heterocycles. The van der Waals surface area contributed by atoms with Gasteiger partial charge in [0.1, 0.15) is 0 Å². The highest BCUT2D eigenvalue weighted by atomic mass is 32.1. The summed E-state index contributed by atoms with van der Waals surface area (Å²) in [5.41, 5.74) is 8.24. The number of anilines is 2. The van der Waals surface area contributed by atoms with E-state index >= 15 is 0 Å². The average Bonchev–Trinajstić information content (AvgIpc) is 3.02. The highest BCUT2D eigenvalue weighted by Crippen LogP contribution is 2.52. The third-order valence-electron chi connectivity index (χ3n) is 4.24. The number of hydrogen-bond donors (Lipinski definition) is 1. The molecule has 2 heterocycles. The van der Waals surface area contributed by atoms with Gasteiger partial charge in [-0.15, -0.1) is 11.3 Å². The first-order valence-electron chi connectivity index (χ1n) is 7.28. The van der Waals surface area contributed by atoms with Crippen LogP contribution in [0, 0.1) is 5.92 Å². The van der Waals surface area contributed by atoms with Crippen LogP contribution in [0.4, 0.5) is 10.7 Å². The summed E-state index contributed by atoms with van der Waals surface area (Å²) in [7, 11) is 1.76. The molecule has 1 atom stereocenters. The summed E-state index contributed by atoms with van der Waals surface area (Å²) in [6.07, 6.45) is 3.58. The monoisotopic (exact) mass is 294 g/mol. The van der Waals surface area contributed by atoms with Crippen LogP contribution >= 0.6 is 11.3 Å². The Morgan fingerprint density at radius 3 is 2.80 bits per heavy atom. The topological polar surface area (TPSA) is 55.6 Å². The number of nitrogens with zero attached hydrogens (tertiary/aromatic N) is 1. The lowest BCUT2D eigenvalue weighted by molar-refractivity contribution is 0.102. The number of thiophene rings is 1. The second-order valence-electron chi connectivity index (χ2n) is 5.95. The molecule has 3 rings (SSSR count). The van der Waals surface area contributed by atoms with Crippen LogP contribution in [-0.2, 0) is 4.74 Å². The quantitative estimate of drug-likeness (QED) is 0.848. The Hall–Kier alpha value is -1.07. The summed E-state index contributed by atoms with van der Waals surface area (Å²) < 4.78 is 5.27. The van der Waals surface area contributed by atoms with Gasteiger partial charge >= 0.3 is 0 Å². The molecule has 2 aliphatic rings. The highest BCUT2D eigenvalue weighted by molar-refractivity contribution is 7.18. The molecular formula is C15H22N2O2S. The standard InChI is InChI=1S/C15H22N2O2S/c1-9(18)14-13(16)12(11-3-4-11)15(20-14)17-6-5-10(7-17)8-19-2/h10-11H,3-8,16H2,1-2H3. The molecule has 2 N–H and O–H groups in total. The van der Waals surface area contributed by atoms with Crippen molar-refractivity contribution < 1.29 is 9.53 Å². The number of ether oxygens (including phenoxy) is 1. The van der Waals surface area contributed by atoms with Crippen LogP contribution in [0.15, 0.2) is 0 Å². The predicted octanol–water partition coefficient (Wildman–Crippen LogP) is 2.88. The Morgan fingerprint density at radius 2 is 2.20 bits per heavy atom. The summed E-state index contributed by atoms with van der Waals surface area (Å²) in [4.78, 5) is 14.9. The van der Waals surface area contributed by atoms with Gasteiger partial charge in [-0.2, -0.15) is 0 Å². The lowest BCUT2D eigenvalue weighted by atomic mass is 10.1. The van der Waals surface area contributed by atoms with Crippen molar-refractivity contribution in [3.05, 3.63) is 10.4 Å². The molecule has 1 aliphatic heterocycles. The van der Waals surface area contributed by atoms with Crippen molar-refractivity contribution in [1.82, 2.24) is 0 Å². The molecule has 0 amide bonds. The molecule has 1 aromatic heterocycles. The van der Waals surface area contributed by atoms with Gasteiger partial charge in [-0.05, 0) is 25.2 Å². The van der Waals surface area contributed by atoms with Gasteiger partial charge in [0, 0.05) is 38.6 Å². The predicted molar refractivity (Wildman–Crippen MR) is 82.9 cm³/mol. The van der Waals surface area contributed by atoms with E-state index in [9.17, 15) is 4.79 Å². The van der Waals surface area contributed by atoms with E-state index in [1.54, 1.807) is 25.4 Å². The molecule has 1 aromatic rings. The van der Waals surface area contributed by atoms with Crippen LogP contribution in [-0.4, -0.2) is 32.6 Å². The van der Waals surface area contributed by atoms with Crippen molar-refractivity contribution in [2.24, 2.45) is 5.92 Å². The van der Waals surface area contributed by atoms with Crippen LogP contribution in [0.2, 0.25) is 0 Å². The maximum atomic E-state index is 11.7. The maximum absolute atomic E-state index is 11.7. The Bertz CT molecular complexity index is 522. The van der Waals surface area contributed by atoms with Crippen molar-refractivity contribution in [1.29, 1.82) is 0 Å². The largest absolute Gasteiger partial charge is 0.397 e. The van der Waals surface area contributed by atoms with Gasteiger partial charge in [0.05, 0.1) is 22.2 Å². The Balaban J connectivity index is 1.89. The molecule has 4 nitrogen and oxygen atoms in total. The molecular weight excluding hydrogens is 272 g/mol. The van der Waals surface area contributed by atoms with Crippen LogP contribution in [0.5, 0.6) is 0 Å². The Labute approximate surface area is 123 Å². The van der Waals surface area contributed by atoms with Gasteiger partial charge in [-0.3, -0.25) is 4.79 Å². The Kier molecular flexibility index (Phi) is 3.73. The fraction of sp³-hybridized carbons (Fsp3) is 0.667. The molecule has 0 aromatic carbocycles. The van der Waals surface area contributed by atoms with Crippen molar-refractivity contribution in [2.75, 3.05) is 37.4 Å². The number of rotatable bonds is 5. The molecule has 0 bridgehead atoms. The highest BCUT2D eigenvalue weighted by Gasteiger charge is 2.35. The number of carbonyl (C=O) groups is 1. The fourth-order valence-corrected chi connectivity index (χ4v) is 4.33. The van der Waals surface area contributed by atoms with Gasteiger partial charge in [-0.25, -0.2) is 0 Å². The normalized spacial score (nSPS) is 22.5. The average molecular weight is 294 g/mol. The minimum atomic E-state index is 0.0910. The number of ketones is 1. The number of nitrogen functional groups attached to an aromatic ring is 1. The summed E-state index contributed by atoms with van der Waals surface area (Å²) >= 11 is 1.59. The number of Topliss-reactive ketones (excluding diaryl/α,β-unsaturated/α-hetero) is 1. The van der Waals surface area contributed by atoms with Crippen LogP contribution in [0.1, 0.15) is 47.3 Å². The first-order chi connectivity index (χ1) is 9.61. The van der Waals surface area contributed by atoms with Crippen LogP contribution < -0.4 is 10.6 Å². The molecule has 5 heteroatoms. The summed E-state index contributed by atoms with van der Waals surface area (Å²) in [5, 5.41) is 1.24. The molecule has 1 unspecified atom stereocenters. The fourth-order valence-electron chi connectivity index (χ4n) is 3.10. The Morgan fingerprint density at radius 1 is 1.45 bits per heavy atom. The smallest absolute Gasteiger partial charge is 0.171 e. The minimum Gasteiger partial charge on any atom is -0.397 e. The van der Waals surface area contributed by atoms with Gasteiger partial charge in [-0.1, -0.05) is 0 Å². The van der Waals surface area contributed by atoms with E-state index in [0.717, 1.165) is 36.7 Å². The van der Waals surface area contributed by atoms with E-state index in [1.807, 2.05) is 0 Å². The first kappa shape index (κ1) is 13.9. The second kappa shape index (κ2) is 5.37. The lowest BCUT2D eigenvalue weighted by Crippen LogP contribution is -2.21. The van der Waals surface area contributed by atoms with E-state index in [0.29, 0.717) is 11.8 Å². The molecule has 2 fully saturated rings. The lowest BCUT2D eigenvalue weighted by Gasteiger charge is -2.18. The second-order valence-corrected chi connectivity index (χ2v) is 6.95. The number of hydrogen-bond acceptors (Lipinski definition) is 5.